The van der Waals surface area contributed by atoms with E-state index in [0.29, 0.717) is 6.42 Å². The van der Waals surface area contributed by atoms with Crippen LogP contribution in [0.3, 0.4) is 0 Å². The highest BCUT2D eigenvalue weighted by Crippen LogP contribution is 2.28. The molecule has 2 atom stereocenters. The highest BCUT2D eigenvalue weighted by molar-refractivity contribution is 5.14. The van der Waals surface area contributed by atoms with Crippen molar-refractivity contribution in [1.82, 2.24) is 0 Å². The van der Waals surface area contributed by atoms with Crippen LogP contribution in [0.4, 0.5) is 0 Å². The molecule has 0 radical (unpaired) electrons. The Hall–Kier alpha value is -0.340. The molecule has 0 bridgehead atoms. The highest BCUT2D eigenvalue weighted by Gasteiger charge is 2.31. The van der Waals surface area contributed by atoms with Gasteiger partial charge in [-0.1, -0.05) is 18.6 Å². The number of hydrogen-bond donors (Lipinski definition) is 2. The summed E-state index contributed by atoms with van der Waals surface area (Å²) in [6, 6.07) is 0. The van der Waals surface area contributed by atoms with Crippen molar-refractivity contribution < 1.29 is 10.2 Å². The quantitative estimate of drug-likeness (QED) is 0.560. The molecule has 11 heavy (non-hydrogen) atoms. The predicted molar refractivity (Wildman–Crippen MR) is 44.2 cm³/mol. The molecule has 0 aromatic heterocycles. The molecule has 0 saturated carbocycles. The summed E-state index contributed by atoms with van der Waals surface area (Å²) in [5.74, 6) is 0. The van der Waals surface area contributed by atoms with Crippen LogP contribution in [0.2, 0.25) is 0 Å². The minimum atomic E-state index is -0.904. The van der Waals surface area contributed by atoms with Crippen LogP contribution in [-0.2, 0) is 0 Å². The van der Waals surface area contributed by atoms with E-state index in [1.165, 1.54) is 5.57 Å². The topological polar surface area (TPSA) is 40.5 Å². The van der Waals surface area contributed by atoms with Crippen molar-refractivity contribution in [1.29, 1.82) is 0 Å². The minimum absolute atomic E-state index is 0.674. The van der Waals surface area contributed by atoms with Crippen molar-refractivity contribution in [3.05, 3.63) is 11.6 Å². The minimum Gasteiger partial charge on any atom is -0.387 e. The van der Waals surface area contributed by atoms with Crippen LogP contribution in [-0.4, -0.2) is 21.9 Å². The third-order valence-corrected chi connectivity index (χ3v) is 2.44. The zero-order valence-corrected chi connectivity index (χ0v) is 7.17. The summed E-state index contributed by atoms with van der Waals surface area (Å²) in [6.07, 6.45) is 3.68. The van der Waals surface area contributed by atoms with Crippen LogP contribution < -0.4 is 0 Å². The second-order valence-electron chi connectivity index (χ2n) is 3.48. The average molecular weight is 156 g/mol. The van der Waals surface area contributed by atoms with Crippen LogP contribution in [0, 0.1) is 0 Å². The molecule has 64 valence electrons. The van der Waals surface area contributed by atoms with E-state index in [1.807, 2.05) is 0 Å². The Morgan fingerprint density at radius 2 is 2.36 bits per heavy atom. The molecule has 0 aromatic carbocycles. The monoisotopic (exact) mass is 156 g/mol. The van der Waals surface area contributed by atoms with E-state index in [9.17, 15) is 10.2 Å². The summed E-state index contributed by atoms with van der Waals surface area (Å²) in [5.41, 5.74) is 0.350. The van der Waals surface area contributed by atoms with Crippen molar-refractivity contribution >= 4 is 0 Å². The lowest BCUT2D eigenvalue weighted by Crippen LogP contribution is -2.40. The normalized spacial score (nSPS) is 38.5. The van der Waals surface area contributed by atoms with E-state index < -0.39 is 11.7 Å². The van der Waals surface area contributed by atoms with Gasteiger partial charge >= 0.3 is 0 Å². The van der Waals surface area contributed by atoms with Gasteiger partial charge in [-0.15, -0.1) is 0 Å². The van der Waals surface area contributed by atoms with Gasteiger partial charge in [0.05, 0.1) is 5.60 Å². The Morgan fingerprint density at radius 1 is 1.73 bits per heavy atom. The first-order valence-corrected chi connectivity index (χ1v) is 4.16. The zero-order valence-electron chi connectivity index (χ0n) is 7.17. The summed E-state index contributed by atoms with van der Waals surface area (Å²) in [6.45, 7) is 3.75. The van der Waals surface area contributed by atoms with Crippen molar-refractivity contribution in [2.75, 3.05) is 0 Å². The van der Waals surface area contributed by atoms with Gasteiger partial charge in [0.1, 0.15) is 6.10 Å². The molecule has 0 aromatic rings. The Balaban J connectivity index is 2.70. The molecule has 2 nitrogen and oxygen atoms in total. The molecule has 2 unspecified atom stereocenters. The van der Waals surface area contributed by atoms with Crippen LogP contribution in [0.5, 0.6) is 0 Å². The average Bonchev–Trinajstić information content (AvgIpc) is 1.95. The van der Waals surface area contributed by atoms with Gasteiger partial charge in [-0.25, -0.2) is 0 Å². The summed E-state index contributed by atoms with van der Waals surface area (Å²) in [5, 5.41) is 19.0. The van der Waals surface area contributed by atoms with Crippen molar-refractivity contribution in [3.8, 4) is 0 Å². The van der Waals surface area contributed by atoms with E-state index in [1.54, 1.807) is 13.0 Å². The molecule has 0 saturated heterocycles. The molecule has 2 heteroatoms. The molecule has 0 heterocycles. The van der Waals surface area contributed by atoms with Gasteiger partial charge < -0.3 is 10.2 Å². The molecule has 2 N–H and O–H groups in total. The van der Waals surface area contributed by atoms with E-state index >= 15 is 0 Å². The smallest absolute Gasteiger partial charge is 0.101 e. The maximum Gasteiger partial charge on any atom is 0.101 e. The maximum atomic E-state index is 9.56. The number of aliphatic hydroxyl groups excluding tert-OH is 1. The SMILES string of the molecule is CCC1=CC(O)C(C)(O)CC1. The Morgan fingerprint density at radius 3 is 2.82 bits per heavy atom. The van der Waals surface area contributed by atoms with Gasteiger partial charge in [0.25, 0.3) is 0 Å². The van der Waals surface area contributed by atoms with Crippen LogP contribution in [0.15, 0.2) is 11.6 Å². The first-order valence-electron chi connectivity index (χ1n) is 4.16. The second-order valence-corrected chi connectivity index (χ2v) is 3.48. The standard InChI is InChI=1S/C9H16O2/c1-3-7-4-5-9(2,11)8(10)6-7/h6,8,10-11H,3-5H2,1-2H3. The van der Waals surface area contributed by atoms with Gasteiger partial charge in [0, 0.05) is 0 Å². The molecule has 1 aliphatic rings. The molecule has 1 aliphatic carbocycles. The second kappa shape index (κ2) is 2.95. The molecule has 0 amide bonds. The molecule has 0 spiro atoms. The van der Waals surface area contributed by atoms with E-state index in [0.717, 1.165) is 12.8 Å². The summed E-state index contributed by atoms with van der Waals surface area (Å²) >= 11 is 0. The van der Waals surface area contributed by atoms with Gasteiger partial charge in [0.2, 0.25) is 0 Å². The van der Waals surface area contributed by atoms with E-state index in [2.05, 4.69) is 6.92 Å². The number of hydrogen-bond acceptors (Lipinski definition) is 2. The maximum absolute atomic E-state index is 9.56. The zero-order chi connectivity index (χ0) is 8.48. The third-order valence-electron chi connectivity index (χ3n) is 2.44. The summed E-state index contributed by atoms with van der Waals surface area (Å²) in [4.78, 5) is 0. The molecular formula is C9H16O2. The molecule has 1 rings (SSSR count). The van der Waals surface area contributed by atoms with Gasteiger partial charge in [-0.2, -0.15) is 0 Å². The molecule has 0 aliphatic heterocycles. The third kappa shape index (κ3) is 1.82. The summed E-state index contributed by atoms with van der Waals surface area (Å²) in [7, 11) is 0. The first-order chi connectivity index (χ1) is 5.06. The van der Waals surface area contributed by atoms with Gasteiger partial charge in [0.15, 0.2) is 0 Å². The number of allylic oxidation sites excluding steroid dienone is 1. The lowest BCUT2D eigenvalue weighted by Gasteiger charge is -2.32. The van der Waals surface area contributed by atoms with Crippen molar-refractivity contribution in [2.45, 2.75) is 44.8 Å². The molecular weight excluding hydrogens is 140 g/mol. The van der Waals surface area contributed by atoms with Gasteiger partial charge in [-0.05, 0) is 26.2 Å². The fraction of sp³-hybridized carbons (Fsp3) is 0.778. The Kier molecular flexibility index (Phi) is 2.35. The van der Waals surface area contributed by atoms with Crippen molar-refractivity contribution in [3.63, 3.8) is 0 Å². The number of rotatable bonds is 1. The predicted octanol–water partition coefficient (Wildman–Crippen LogP) is 1.23. The summed E-state index contributed by atoms with van der Waals surface area (Å²) < 4.78 is 0. The number of aliphatic hydroxyl groups is 2. The Bertz CT molecular complexity index is 170. The lowest BCUT2D eigenvalue weighted by atomic mass is 9.84. The first kappa shape index (κ1) is 8.75. The van der Waals surface area contributed by atoms with Crippen LogP contribution in [0.1, 0.15) is 33.1 Å². The fourth-order valence-electron chi connectivity index (χ4n) is 1.34. The molecule has 0 fully saturated rings. The van der Waals surface area contributed by atoms with Gasteiger partial charge in [-0.3, -0.25) is 0 Å². The van der Waals surface area contributed by atoms with E-state index in [-0.39, 0.29) is 0 Å². The van der Waals surface area contributed by atoms with Crippen LogP contribution >= 0.6 is 0 Å². The van der Waals surface area contributed by atoms with Crippen molar-refractivity contribution in [2.24, 2.45) is 0 Å². The van der Waals surface area contributed by atoms with E-state index in [4.69, 9.17) is 0 Å². The largest absolute Gasteiger partial charge is 0.387 e. The highest BCUT2D eigenvalue weighted by atomic mass is 16.3. The lowest BCUT2D eigenvalue weighted by molar-refractivity contribution is -0.0488. The van der Waals surface area contributed by atoms with Crippen LogP contribution in [0.25, 0.3) is 0 Å². The fourth-order valence-corrected chi connectivity index (χ4v) is 1.34. The Labute approximate surface area is 67.6 Å².